The lowest BCUT2D eigenvalue weighted by Crippen LogP contribution is -2.25. The molecule has 0 aliphatic carbocycles. The minimum absolute atomic E-state index is 0.313. The van der Waals surface area contributed by atoms with Crippen LogP contribution in [0.2, 0.25) is 0 Å². The van der Waals surface area contributed by atoms with Crippen molar-refractivity contribution in [3.63, 3.8) is 0 Å². The van der Waals surface area contributed by atoms with Crippen LogP contribution in [-0.2, 0) is 4.84 Å². The van der Waals surface area contributed by atoms with Crippen molar-refractivity contribution in [1.29, 1.82) is 0 Å². The van der Waals surface area contributed by atoms with Gasteiger partial charge in [-0.1, -0.05) is 29.8 Å². The second-order valence-electron chi connectivity index (χ2n) is 5.66. The zero-order valence-corrected chi connectivity index (χ0v) is 14.2. The van der Waals surface area contributed by atoms with Gasteiger partial charge < -0.3 is 0 Å². The molecule has 128 valence electrons. The van der Waals surface area contributed by atoms with E-state index in [9.17, 15) is 9.18 Å². The minimum Gasteiger partial charge on any atom is -0.274 e. The van der Waals surface area contributed by atoms with Gasteiger partial charge in [0.25, 0.3) is 5.91 Å². The van der Waals surface area contributed by atoms with Crippen molar-refractivity contribution in [2.24, 2.45) is 0 Å². The highest BCUT2D eigenvalue weighted by Crippen LogP contribution is 2.25. The molecule has 0 aliphatic rings. The number of amides is 1. The maximum atomic E-state index is 13.2. The lowest BCUT2D eigenvalue weighted by molar-refractivity contribution is -0.0756. The predicted octanol–water partition coefficient (Wildman–Crippen LogP) is 3.62. The second kappa shape index (κ2) is 6.86. The summed E-state index contributed by atoms with van der Waals surface area (Å²) in [6.45, 7) is 1.99. The molecule has 0 atom stereocenters. The molecule has 2 aromatic carbocycles. The Morgan fingerprint density at radius 3 is 2.36 bits per heavy atom. The van der Waals surface area contributed by atoms with E-state index in [0.717, 1.165) is 16.2 Å². The fourth-order valence-electron chi connectivity index (χ4n) is 2.43. The highest BCUT2D eigenvalue weighted by molar-refractivity contribution is 5.99. The summed E-state index contributed by atoms with van der Waals surface area (Å²) in [7, 11) is 2.96. The van der Waals surface area contributed by atoms with Crippen molar-refractivity contribution in [2.45, 2.75) is 6.92 Å². The highest BCUT2D eigenvalue weighted by atomic mass is 19.1. The fraction of sp³-hybridized carbons (Fsp3) is 0.158. The van der Waals surface area contributed by atoms with E-state index >= 15 is 0 Å². The summed E-state index contributed by atoms with van der Waals surface area (Å²) in [5.74, 6) is -0.642. The molecule has 0 saturated carbocycles. The first-order chi connectivity index (χ1) is 12.0. The van der Waals surface area contributed by atoms with Crippen LogP contribution in [0.4, 0.5) is 4.39 Å². The Labute approximate surface area is 145 Å². The summed E-state index contributed by atoms with van der Waals surface area (Å²) in [6, 6.07) is 13.7. The van der Waals surface area contributed by atoms with Crippen molar-refractivity contribution < 1.29 is 14.0 Å². The lowest BCUT2D eigenvalue weighted by atomic mass is 10.1. The first-order valence-corrected chi connectivity index (χ1v) is 7.74. The van der Waals surface area contributed by atoms with Gasteiger partial charge in [-0.3, -0.25) is 9.63 Å². The summed E-state index contributed by atoms with van der Waals surface area (Å²) in [5, 5.41) is 5.68. The number of aryl methyl sites for hydroxylation is 1. The normalized spacial score (nSPS) is 10.7. The Kier molecular flexibility index (Phi) is 4.63. The van der Waals surface area contributed by atoms with Gasteiger partial charge in [-0.15, -0.1) is 0 Å². The molecular weight excluding hydrogens is 321 g/mol. The molecular formula is C19H18FN3O2. The molecule has 1 heterocycles. The van der Waals surface area contributed by atoms with E-state index in [1.54, 1.807) is 23.0 Å². The molecule has 0 N–H and O–H groups in total. The first-order valence-electron chi connectivity index (χ1n) is 7.74. The molecule has 5 nitrogen and oxygen atoms in total. The molecule has 1 aromatic heterocycles. The van der Waals surface area contributed by atoms with Crippen molar-refractivity contribution in [2.75, 3.05) is 14.2 Å². The zero-order chi connectivity index (χ0) is 18.0. The minimum atomic E-state index is -0.329. The topological polar surface area (TPSA) is 47.4 Å². The van der Waals surface area contributed by atoms with Crippen LogP contribution in [0, 0.1) is 12.7 Å². The number of carbonyl (C=O) groups excluding carboxylic acids is 1. The molecule has 0 unspecified atom stereocenters. The van der Waals surface area contributed by atoms with Gasteiger partial charge in [0.1, 0.15) is 11.5 Å². The number of benzene rings is 2. The van der Waals surface area contributed by atoms with Crippen LogP contribution in [0.1, 0.15) is 15.9 Å². The SMILES string of the molecule is CON(C)C(=O)c1cn(-c2ccc(F)cc2)nc1-c1ccc(C)cc1. The molecule has 0 saturated heterocycles. The quantitative estimate of drug-likeness (QED) is 0.682. The maximum Gasteiger partial charge on any atom is 0.281 e. The van der Waals surface area contributed by atoms with Gasteiger partial charge in [0.15, 0.2) is 0 Å². The molecule has 6 heteroatoms. The van der Waals surface area contributed by atoms with Crippen LogP contribution in [0.25, 0.3) is 16.9 Å². The molecule has 1 amide bonds. The number of hydrogen-bond donors (Lipinski definition) is 0. The Hall–Kier alpha value is -2.99. The molecule has 0 radical (unpaired) electrons. The maximum absolute atomic E-state index is 13.2. The Morgan fingerprint density at radius 1 is 1.12 bits per heavy atom. The average molecular weight is 339 g/mol. The number of aromatic nitrogens is 2. The Morgan fingerprint density at radius 2 is 1.76 bits per heavy atom. The summed E-state index contributed by atoms with van der Waals surface area (Å²) >= 11 is 0. The Balaban J connectivity index is 2.12. The molecule has 0 spiro atoms. The van der Waals surface area contributed by atoms with Crippen LogP contribution in [0.5, 0.6) is 0 Å². The van der Waals surface area contributed by atoms with E-state index in [1.165, 1.54) is 26.3 Å². The number of halogens is 1. The van der Waals surface area contributed by atoms with Gasteiger partial charge >= 0.3 is 0 Å². The smallest absolute Gasteiger partial charge is 0.274 e. The van der Waals surface area contributed by atoms with Crippen molar-refractivity contribution in [1.82, 2.24) is 14.8 Å². The second-order valence-corrected chi connectivity index (χ2v) is 5.66. The lowest BCUT2D eigenvalue weighted by Gasteiger charge is -2.13. The van der Waals surface area contributed by atoms with Crippen LogP contribution < -0.4 is 0 Å². The summed E-state index contributed by atoms with van der Waals surface area (Å²) in [5.41, 5.74) is 3.53. The number of hydrogen-bond acceptors (Lipinski definition) is 3. The highest BCUT2D eigenvalue weighted by Gasteiger charge is 2.21. The monoisotopic (exact) mass is 339 g/mol. The predicted molar refractivity (Wildman–Crippen MR) is 92.8 cm³/mol. The third-order valence-corrected chi connectivity index (χ3v) is 3.92. The number of carbonyl (C=O) groups is 1. The Bertz CT molecular complexity index is 886. The van der Waals surface area contributed by atoms with Gasteiger partial charge in [0, 0.05) is 18.8 Å². The van der Waals surface area contributed by atoms with Crippen molar-refractivity contribution in [3.8, 4) is 16.9 Å². The fourth-order valence-corrected chi connectivity index (χ4v) is 2.43. The van der Waals surface area contributed by atoms with Gasteiger partial charge in [0.2, 0.25) is 0 Å². The van der Waals surface area contributed by atoms with Gasteiger partial charge in [0.05, 0.1) is 18.4 Å². The van der Waals surface area contributed by atoms with E-state index in [-0.39, 0.29) is 11.7 Å². The van der Waals surface area contributed by atoms with E-state index in [1.807, 2.05) is 31.2 Å². The van der Waals surface area contributed by atoms with Gasteiger partial charge in [-0.25, -0.2) is 14.1 Å². The van der Waals surface area contributed by atoms with Crippen LogP contribution in [0.3, 0.4) is 0 Å². The standard InChI is InChI=1S/C19H18FN3O2/c1-13-4-6-14(7-5-13)18-17(19(24)22(2)25-3)12-23(21-18)16-10-8-15(20)9-11-16/h4-12H,1-3H3. The van der Waals surface area contributed by atoms with Crippen LogP contribution in [-0.4, -0.2) is 34.9 Å². The summed E-state index contributed by atoms with van der Waals surface area (Å²) < 4.78 is 14.7. The van der Waals surface area contributed by atoms with E-state index in [2.05, 4.69) is 5.10 Å². The third kappa shape index (κ3) is 3.44. The molecule has 0 bridgehead atoms. The third-order valence-electron chi connectivity index (χ3n) is 3.92. The largest absolute Gasteiger partial charge is 0.281 e. The van der Waals surface area contributed by atoms with Crippen LogP contribution >= 0.6 is 0 Å². The van der Waals surface area contributed by atoms with Crippen LogP contribution in [0.15, 0.2) is 54.7 Å². The van der Waals surface area contributed by atoms with Crippen molar-refractivity contribution >= 4 is 5.91 Å². The summed E-state index contributed by atoms with van der Waals surface area (Å²) in [6.07, 6.45) is 1.63. The molecule has 25 heavy (non-hydrogen) atoms. The average Bonchev–Trinajstić information content (AvgIpc) is 3.07. The van der Waals surface area contributed by atoms with E-state index in [0.29, 0.717) is 16.9 Å². The van der Waals surface area contributed by atoms with Gasteiger partial charge in [-0.2, -0.15) is 5.10 Å². The molecule has 3 aromatic rings. The number of nitrogens with zero attached hydrogens (tertiary/aromatic N) is 3. The van der Waals surface area contributed by atoms with E-state index in [4.69, 9.17) is 4.84 Å². The molecule has 0 fully saturated rings. The summed E-state index contributed by atoms with van der Waals surface area (Å²) in [4.78, 5) is 17.6. The van der Waals surface area contributed by atoms with E-state index < -0.39 is 0 Å². The number of rotatable bonds is 4. The molecule has 0 aliphatic heterocycles. The molecule has 3 rings (SSSR count). The first kappa shape index (κ1) is 16.9. The van der Waals surface area contributed by atoms with Crippen molar-refractivity contribution in [3.05, 3.63) is 71.7 Å². The van der Waals surface area contributed by atoms with Gasteiger partial charge in [-0.05, 0) is 31.2 Å². The number of hydroxylamine groups is 2. The zero-order valence-electron chi connectivity index (χ0n) is 14.2.